The molecule has 0 amide bonds. The first-order chi connectivity index (χ1) is 11.8. The lowest BCUT2D eigenvalue weighted by atomic mass is 9.42. The Hall–Kier alpha value is -0.370. The Morgan fingerprint density at radius 2 is 1.84 bits per heavy atom. The molecule has 4 aliphatic rings. The van der Waals surface area contributed by atoms with Gasteiger partial charge in [0.15, 0.2) is 0 Å². The van der Waals surface area contributed by atoms with E-state index in [1.54, 1.807) is 0 Å². The molecule has 2 heteroatoms. The number of carbonyl (C=O) groups excluding carboxylic acids is 1. The van der Waals surface area contributed by atoms with Crippen LogP contribution in [0.15, 0.2) is 0 Å². The van der Waals surface area contributed by atoms with Crippen LogP contribution >= 0.6 is 0 Å². The van der Waals surface area contributed by atoms with Crippen molar-refractivity contribution < 1.29 is 9.90 Å². The summed E-state index contributed by atoms with van der Waals surface area (Å²) in [6, 6.07) is 0. The molecule has 4 aliphatic carbocycles. The van der Waals surface area contributed by atoms with E-state index in [0.717, 1.165) is 42.9 Å². The minimum absolute atomic E-state index is 0.346. The molecule has 0 heterocycles. The van der Waals surface area contributed by atoms with E-state index in [0.29, 0.717) is 41.0 Å². The van der Waals surface area contributed by atoms with Crippen LogP contribution < -0.4 is 0 Å². The van der Waals surface area contributed by atoms with Crippen LogP contribution in [-0.4, -0.2) is 17.5 Å². The monoisotopic (exact) mass is 346 g/mol. The van der Waals surface area contributed by atoms with Crippen molar-refractivity contribution in [2.45, 2.75) is 79.1 Å². The van der Waals surface area contributed by atoms with E-state index in [1.165, 1.54) is 32.1 Å². The second-order valence-electron chi connectivity index (χ2n) is 10.8. The van der Waals surface area contributed by atoms with Crippen LogP contribution in [0.3, 0.4) is 0 Å². The third-order valence-corrected chi connectivity index (χ3v) is 9.89. The molecule has 0 saturated heterocycles. The SMILES string of the molecule is C[C@@H]1C[C@H]2CC(=O)CCC2(C)C2CCC3(C)C(CCC3[C@H](C)CO)C21. The van der Waals surface area contributed by atoms with Gasteiger partial charge < -0.3 is 5.11 Å². The highest BCUT2D eigenvalue weighted by atomic mass is 16.3. The van der Waals surface area contributed by atoms with Crippen molar-refractivity contribution in [3.05, 3.63) is 0 Å². The minimum atomic E-state index is 0.346. The summed E-state index contributed by atoms with van der Waals surface area (Å²) in [5.74, 6) is 5.60. The quantitative estimate of drug-likeness (QED) is 0.756. The number of ketones is 1. The Kier molecular flexibility index (Phi) is 4.38. The summed E-state index contributed by atoms with van der Waals surface area (Å²) >= 11 is 0. The molecule has 0 bridgehead atoms. The van der Waals surface area contributed by atoms with Gasteiger partial charge in [-0.15, -0.1) is 0 Å². The Labute approximate surface area is 154 Å². The predicted octanol–water partition coefficient (Wildman–Crippen LogP) is 5.09. The molecular formula is C23H38O2. The van der Waals surface area contributed by atoms with Gasteiger partial charge in [-0.1, -0.05) is 27.7 Å². The maximum Gasteiger partial charge on any atom is 0.133 e. The molecule has 0 radical (unpaired) electrons. The second-order valence-corrected chi connectivity index (χ2v) is 10.8. The molecule has 0 aromatic rings. The maximum atomic E-state index is 12.1. The largest absolute Gasteiger partial charge is 0.396 e. The summed E-state index contributed by atoms with van der Waals surface area (Å²) in [6.07, 6.45) is 9.50. The lowest BCUT2D eigenvalue weighted by molar-refractivity contribution is -0.151. The number of Topliss-reactive ketones (excluding diaryl/α,β-unsaturated/α-hetero) is 1. The van der Waals surface area contributed by atoms with Crippen LogP contribution in [0.5, 0.6) is 0 Å². The van der Waals surface area contributed by atoms with Gasteiger partial charge in [0, 0.05) is 19.4 Å². The van der Waals surface area contributed by atoms with Crippen LogP contribution in [-0.2, 0) is 4.79 Å². The van der Waals surface area contributed by atoms with E-state index in [9.17, 15) is 9.90 Å². The third kappa shape index (κ3) is 2.49. The molecule has 4 fully saturated rings. The molecule has 0 spiro atoms. The Bertz CT molecular complexity index is 542. The van der Waals surface area contributed by atoms with E-state index in [-0.39, 0.29) is 0 Å². The molecule has 4 saturated carbocycles. The van der Waals surface area contributed by atoms with Crippen LogP contribution in [0.2, 0.25) is 0 Å². The van der Waals surface area contributed by atoms with Gasteiger partial charge in [-0.2, -0.15) is 0 Å². The van der Waals surface area contributed by atoms with Crippen LogP contribution in [0.25, 0.3) is 0 Å². The highest BCUT2D eigenvalue weighted by molar-refractivity contribution is 5.79. The average molecular weight is 347 g/mol. The second kappa shape index (κ2) is 6.08. The fraction of sp³-hybridized carbons (Fsp3) is 0.957. The summed E-state index contributed by atoms with van der Waals surface area (Å²) in [7, 11) is 0. The lowest BCUT2D eigenvalue weighted by Gasteiger charge is -2.62. The first-order valence-corrected chi connectivity index (χ1v) is 10.9. The molecule has 6 unspecified atom stereocenters. The average Bonchev–Trinajstić information content (AvgIpc) is 2.93. The highest BCUT2D eigenvalue weighted by Crippen LogP contribution is 2.69. The van der Waals surface area contributed by atoms with Gasteiger partial charge in [0.1, 0.15) is 5.78 Å². The smallest absolute Gasteiger partial charge is 0.133 e. The van der Waals surface area contributed by atoms with E-state index in [1.807, 2.05) is 0 Å². The van der Waals surface area contributed by atoms with Gasteiger partial charge in [-0.3, -0.25) is 4.79 Å². The fourth-order valence-corrected chi connectivity index (χ4v) is 8.53. The summed E-state index contributed by atoms with van der Waals surface area (Å²) in [4.78, 5) is 12.1. The van der Waals surface area contributed by atoms with Gasteiger partial charge in [-0.05, 0) is 90.8 Å². The van der Waals surface area contributed by atoms with E-state index < -0.39 is 0 Å². The van der Waals surface area contributed by atoms with Gasteiger partial charge in [0.25, 0.3) is 0 Å². The van der Waals surface area contributed by atoms with Crippen LogP contribution in [0.4, 0.5) is 0 Å². The number of aliphatic hydroxyl groups is 1. The van der Waals surface area contributed by atoms with Crippen molar-refractivity contribution in [1.29, 1.82) is 0 Å². The summed E-state index contributed by atoms with van der Waals surface area (Å²) in [5, 5.41) is 9.77. The fourth-order valence-electron chi connectivity index (χ4n) is 8.53. The Balaban J connectivity index is 1.64. The third-order valence-electron chi connectivity index (χ3n) is 9.89. The van der Waals surface area contributed by atoms with Crippen LogP contribution in [0.1, 0.15) is 79.1 Å². The normalized spacial score (nSPS) is 53.7. The lowest BCUT2D eigenvalue weighted by Crippen LogP contribution is -2.56. The van der Waals surface area contributed by atoms with Crippen molar-refractivity contribution in [1.82, 2.24) is 0 Å². The zero-order valence-electron chi connectivity index (χ0n) is 16.8. The molecule has 2 nitrogen and oxygen atoms in total. The van der Waals surface area contributed by atoms with Crippen molar-refractivity contribution in [3.63, 3.8) is 0 Å². The molecule has 142 valence electrons. The van der Waals surface area contributed by atoms with Crippen molar-refractivity contribution >= 4 is 5.78 Å². The molecule has 9 atom stereocenters. The van der Waals surface area contributed by atoms with Gasteiger partial charge in [-0.25, -0.2) is 0 Å². The zero-order valence-corrected chi connectivity index (χ0v) is 16.8. The first kappa shape index (κ1) is 18.0. The van der Waals surface area contributed by atoms with Crippen LogP contribution in [0, 0.1) is 52.3 Å². The van der Waals surface area contributed by atoms with E-state index in [2.05, 4.69) is 27.7 Å². The number of aliphatic hydroxyl groups excluding tert-OH is 1. The Morgan fingerprint density at radius 3 is 2.56 bits per heavy atom. The number of carbonyl (C=O) groups is 1. The summed E-state index contributed by atoms with van der Waals surface area (Å²) < 4.78 is 0. The van der Waals surface area contributed by atoms with E-state index >= 15 is 0 Å². The van der Waals surface area contributed by atoms with Gasteiger partial charge in [0.05, 0.1) is 0 Å². The number of fused-ring (bicyclic) bond motifs is 5. The summed E-state index contributed by atoms with van der Waals surface area (Å²) in [6.45, 7) is 10.2. The molecular weight excluding hydrogens is 308 g/mol. The minimum Gasteiger partial charge on any atom is -0.396 e. The number of hydrogen-bond donors (Lipinski definition) is 1. The number of rotatable bonds is 2. The number of hydrogen-bond acceptors (Lipinski definition) is 2. The van der Waals surface area contributed by atoms with Gasteiger partial charge >= 0.3 is 0 Å². The standard InChI is InChI=1S/C23H38O2/c1-14-11-16-12-17(25)7-9-22(16,3)20-8-10-23(4)18(15(2)13-24)5-6-19(23)21(14)20/h14-16,18-21,24H,5-13H2,1-4H3/t14-,15-,16+,18?,19?,20?,21?,22?,23?/m1/s1. The van der Waals surface area contributed by atoms with Gasteiger partial charge in [0.2, 0.25) is 0 Å². The van der Waals surface area contributed by atoms with Crippen molar-refractivity contribution in [2.75, 3.05) is 6.61 Å². The Morgan fingerprint density at radius 1 is 1.12 bits per heavy atom. The van der Waals surface area contributed by atoms with Crippen molar-refractivity contribution in [3.8, 4) is 0 Å². The molecule has 25 heavy (non-hydrogen) atoms. The maximum absolute atomic E-state index is 12.1. The van der Waals surface area contributed by atoms with E-state index in [4.69, 9.17) is 0 Å². The molecule has 4 rings (SSSR count). The predicted molar refractivity (Wildman–Crippen MR) is 101 cm³/mol. The van der Waals surface area contributed by atoms with Crippen molar-refractivity contribution in [2.24, 2.45) is 52.3 Å². The molecule has 0 aliphatic heterocycles. The topological polar surface area (TPSA) is 37.3 Å². The molecule has 0 aromatic heterocycles. The highest BCUT2D eigenvalue weighted by Gasteiger charge is 2.62. The zero-order chi connectivity index (χ0) is 18.0. The molecule has 0 aromatic carbocycles. The first-order valence-electron chi connectivity index (χ1n) is 10.9. The summed E-state index contributed by atoms with van der Waals surface area (Å²) in [5.41, 5.74) is 0.846. The molecule has 1 N–H and O–H groups in total.